The Balaban J connectivity index is 2.16. The molecule has 0 fully saturated rings. The monoisotopic (exact) mass is 274 g/mol. The lowest BCUT2D eigenvalue weighted by Gasteiger charge is -2.14. The first-order chi connectivity index (χ1) is 10.3. The van der Waals surface area contributed by atoms with E-state index in [0.29, 0.717) is 0 Å². The van der Waals surface area contributed by atoms with E-state index >= 15 is 0 Å². The largest absolute Gasteiger partial charge is 0.323 e. The molecule has 3 rings (SSSR count). The Labute approximate surface area is 125 Å². The van der Waals surface area contributed by atoms with Crippen molar-refractivity contribution in [3.05, 3.63) is 78.6 Å². The highest BCUT2D eigenvalue weighted by Gasteiger charge is 2.12. The van der Waals surface area contributed by atoms with Gasteiger partial charge in [0.05, 0.1) is 5.69 Å². The SMILES string of the molecule is CC(N)c1ncc(-c2ccccc2)cc1-c1ccccc1. The molecule has 2 nitrogen and oxygen atoms in total. The van der Waals surface area contributed by atoms with Crippen LogP contribution in [-0.2, 0) is 0 Å². The summed E-state index contributed by atoms with van der Waals surface area (Å²) in [5.74, 6) is 0. The highest BCUT2D eigenvalue weighted by atomic mass is 14.8. The van der Waals surface area contributed by atoms with Gasteiger partial charge >= 0.3 is 0 Å². The zero-order chi connectivity index (χ0) is 14.7. The first-order valence-electron chi connectivity index (χ1n) is 7.12. The standard InChI is InChI=1S/C19H18N2/c1-14(20)19-18(16-10-6-3-7-11-16)12-17(13-21-19)15-8-4-2-5-9-15/h2-14H,20H2,1H3. The molecule has 0 spiro atoms. The molecule has 0 saturated carbocycles. The molecule has 0 aliphatic carbocycles. The second kappa shape index (κ2) is 5.90. The Morgan fingerprint density at radius 1 is 0.810 bits per heavy atom. The molecule has 1 unspecified atom stereocenters. The first kappa shape index (κ1) is 13.5. The highest BCUT2D eigenvalue weighted by molar-refractivity contribution is 5.74. The Kier molecular flexibility index (Phi) is 3.80. The summed E-state index contributed by atoms with van der Waals surface area (Å²) in [5.41, 5.74) is 11.5. The van der Waals surface area contributed by atoms with E-state index in [2.05, 4.69) is 35.3 Å². The minimum Gasteiger partial charge on any atom is -0.323 e. The Hall–Kier alpha value is -2.45. The van der Waals surface area contributed by atoms with E-state index in [4.69, 9.17) is 5.73 Å². The summed E-state index contributed by atoms with van der Waals surface area (Å²) in [6.07, 6.45) is 1.90. The Morgan fingerprint density at radius 3 is 1.95 bits per heavy atom. The van der Waals surface area contributed by atoms with Crippen molar-refractivity contribution in [1.29, 1.82) is 0 Å². The van der Waals surface area contributed by atoms with Crippen molar-refractivity contribution in [3.8, 4) is 22.3 Å². The molecule has 21 heavy (non-hydrogen) atoms. The first-order valence-corrected chi connectivity index (χ1v) is 7.12. The third kappa shape index (κ3) is 2.86. The van der Waals surface area contributed by atoms with Crippen LogP contribution in [-0.4, -0.2) is 4.98 Å². The Morgan fingerprint density at radius 2 is 1.38 bits per heavy atom. The number of nitrogens with two attached hydrogens (primary N) is 1. The van der Waals surface area contributed by atoms with Crippen LogP contribution >= 0.6 is 0 Å². The molecule has 1 aromatic heterocycles. The minimum atomic E-state index is -0.0926. The van der Waals surface area contributed by atoms with Crippen LogP contribution in [0.4, 0.5) is 0 Å². The molecular formula is C19H18N2. The lowest BCUT2D eigenvalue weighted by molar-refractivity contribution is 0.784. The van der Waals surface area contributed by atoms with Gasteiger partial charge in [-0.1, -0.05) is 60.7 Å². The van der Waals surface area contributed by atoms with Crippen molar-refractivity contribution in [1.82, 2.24) is 4.98 Å². The van der Waals surface area contributed by atoms with Crippen LogP contribution in [0.2, 0.25) is 0 Å². The third-order valence-corrected chi connectivity index (χ3v) is 3.54. The average molecular weight is 274 g/mol. The number of aromatic nitrogens is 1. The second-order valence-electron chi connectivity index (χ2n) is 5.18. The topological polar surface area (TPSA) is 38.9 Å². The van der Waals surface area contributed by atoms with E-state index in [-0.39, 0.29) is 6.04 Å². The van der Waals surface area contributed by atoms with Gasteiger partial charge in [-0.05, 0) is 24.1 Å². The predicted molar refractivity (Wildman–Crippen MR) is 87.7 cm³/mol. The summed E-state index contributed by atoms with van der Waals surface area (Å²) >= 11 is 0. The maximum Gasteiger partial charge on any atom is 0.0646 e. The van der Waals surface area contributed by atoms with Crippen molar-refractivity contribution in [2.24, 2.45) is 5.73 Å². The zero-order valence-corrected chi connectivity index (χ0v) is 12.0. The average Bonchev–Trinajstić information content (AvgIpc) is 2.56. The van der Waals surface area contributed by atoms with Crippen molar-refractivity contribution in [3.63, 3.8) is 0 Å². The molecule has 2 aromatic carbocycles. The fraction of sp³-hybridized carbons (Fsp3) is 0.105. The van der Waals surface area contributed by atoms with E-state index in [1.54, 1.807) is 0 Å². The quantitative estimate of drug-likeness (QED) is 0.767. The summed E-state index contributed by atoms with van der Waals surface area (Å²) in [6, 6.07) is 22.7. The van der Waals surface area contributed by atoms with Crippen molar-refractivity contribution in [2.45, 2.75) is 13.0 Å². The van der Waals surface area contributed by atoms with E-state index in [1.807, 2.05) is 49.5 Å². The number of rotatable bonds is 3. The molecule has 1 heterocycles. The van der Waals surface area contributed by atoms with E-state index in [9.17, 15) is 0 Å². The number of hydrogen-bond acceptors (Lipinski definition) is 2. The van der Waals surface area contributed by atoms with E-state index in [1.165, 1.54) is 5.56 Å². The number of hydrogen-bond donors (Lipinski definition) is 1. The molecule has 3 aromatic rings. The predicted octanol–water partition coefficient (Wildman–Crippen LogP) is 4.44. The lowest BCUT2D eigenvalue weighted by Crippen LogP contribution is -2.09. The molecule has 0 bridgehead atoms. The smallest absolute Gasteiger partial charge is 0.0646 e. The number of nitrogens with zero attached hydrogens (tertiary/aromatic N) is 1. The molecule has 104 valence electrons. The molecule has 0 saturated heterocycles. The maximum atomic E-state index is 6.08. The van der Waals surface area contributed by atoms with Gasteiger partial charge in [-0.2, -0.15) is 0 Å². The van der Waals surface area contributed by atoms with Gasteiger partial charge in [-0.25, -0.2) is 0 Å². The Bertz CT molecular complexity index is 719. The van der Waals surface area contributed by atoms with Crippen LogP contribution in [0.5, 0.6) is 0 Å². The summed E-state index contributed by atoms with van der Waals surface area (Å²) in [6.45, 7) is 1.97. The third-order valence-electron chi connectivity index (χ3n) is 3.54. The lowest BCUT2D eigenvalue weighted by atomic mass is 9.97. The summed E-state index contributed by atoms with van der Waals surface area (Å²) in [5, 5.41) is 0. The van der Waals surface area contributed by atoms with Crippen LogP contribution in [0.1, 0.15) is 18.7 Å². The van der Waals surface area contributed by atoms with Crippen LogP contribution in [0.15, 0.2) is 72.9 Å². The van der Waals surface area contributed by atoms with Crippen LogP contribution < -0.4 is 5.73 Å². The van der Waals surface area contributed by atoms with Gasteiger partial charge in [0.25, 0.3) is 0 Å². The van der Waals surface area contributed by atoms with Gasteiger partial charge in [0, 0.05) is 23.4 Å². The van der Waals surface area contributed by atoms with Gasteiger partial charge < -0.3 is 5.73 Å². The van der Waals surface area contributed by atoms with Gasteiger partial charge in [0.2, 0.25) is 0 Å². The summed E-state index contributed by atoms with van der Waals surface area (Å²) in [4.78, 5) is 4.61. The van der Waals surface area contributed by atoms with Gasteiger partial charge in [-0.15, -0.1) is 0 Å². The fourth-order valence-corrected chi connectivity index (χ4v) is 2.48. The van der Waals surface area contributed by atoms with Crippen LogP contribution in [0.3, 0.4) is 0 Å². The van der Waals surface area contributed by atoms with Crippen LogP contribution in [0, 0.1) is 0 Å². The molecule has 2 N–H and O–H groups in total. The molecule has 0 amide bonds. The van der Waals surface area contributed by atoms with E-state index < -0.39 is 0 Å². The summed E-state index contributed by atoms with van der Waals surface area (Å²) in [7, 11) is 0. The van der Waals surface area contributed by atoms with Gasteiger partial charge in [-0.3, -0.25) is 4.98 Å². The van der Waals surface area contributed by atoms with Crippen molar-refractivity contribution >= 4 is 0 Å². The summed E-state index contributed by atoms with van der Waals surface area (Å²) < 4.78 is 0. The minimum absolute atomic E-state index is 0.0926. The molecule has 1 atom stereocenters. The molecule has 0 aliphatic heterocycles. The normalized spacial score (nSPS) is 12.1. The fourth-order valence-electron chi connectivity index (χ4n) is 2.48. The van der Waals surface area contributed by atoms with Crippen LogP contribution in [0.25, 0.3) is 22.3 Å². The van der Waals surface area contributed by atoms with Gasteiger partial charge in [0.15, 0.2) is 0 Å². The number of benzene rings is 2. The molecular weight excluding hydrogens is 256 g/mol. The molecule has 2 heteroatoms. The second-order valence-corrected chi connectivity index (χ2v) is 5.18. The molecule has 0 radical (unpaired) electrons. The zero-order valence-electron chi connectivity index (χ0n) is 12.0. The highest BCUT2D eigenvalue weighted by Crippen LogP contribution is 2.30. The van der Waals surface area contributed by atoms with Crippen molar-refractivity contribution in [2.75, 3.05) is 0 Å². The maximum absolute atomic E-state index is 6.08. The van der Waals surface area contributed by atoms with E-state index in [0.717, 1.165) is 22.4 Å². The van der Waals surface area contributed by atoms with Crippen molar-refractivity contribution < 1.29 is 0 Å². The molecule has 0 aliphatic rings. The number of pyridine rings is 1. The van der Waals surface area contributed by atoms with Gasteiger partial charge in [0.1, 0.15) is 0 Å².